The van der Waals surface area contributed by atoms with Crippen molar-refractivity contribution in [1.29, 1.82) is 0 Å². The molecule has 1 aliphatic rings. The Bertz CT molecular complexity index is 549. The number of hydrogen-bond donors (Lipinski definition) is 1. The van der Waals surface area contributed by atoms with Gasteiger partial charge in [-0.2, -0.15) is 0 Å². The molecule has 0 saturated carbocycles. The number of hydrogen-bond acceptors (Lipinski definition) is 2. The average Bonchev–Trinajstić information content (AvgIpc) is 2.37. The van der Waals surface area contributed by atoms with Crippen LogP contribution in [0.5, 0.6) is 0 Å². The molecule has 108 valence electrons. The van der Waals surface area contributed by atoms with E-state index in [0.717, 1.165) is 0 Å². The van der Waals surface area contributed by atoms with Crippen molar-refractivity contribution in [3.63, 3.8) is 0 Å². The van der Waals surface area contributed by atoms with Gasteiger partial charge in [0.25, 0.3) is 5.91 Å². The molecule has 1 N–H and O–H groups in total. The lowest BCUT2D eigenvalue weighted by atomic mass is 9.91. The van der Waals surface area contributed by atoms with Crippen LogP contribution in [0.4, 0.5) is 0 Å². The molecule has 1 aliphatic heterocycles. The fraction of sp³-hybridized carbons (Fsp3) is 0.429. The highest BCUT2D eigenvalue weighted by atomic mass is 79.9. The van der Waals surface area contributed by atoms with Crippen molar-refractivity contribution in [2.24, 2.45) is 5.92 Å². The largest absolute Gasteiger partial charge is 0.481 e. The Hall–Kier alpha value is -1.07. The van der Waals surface area contributed by atoms with Gasteiger partial charge in [-0.15, -0.1) is 0 Å². The van der Waals surface area contributed by atoms with E-state index in [1.54, 1.807) is 23.1 Å². The van der Waals surface area contributed by atoms with Crippen LogP contribution in [0.25, 0.3) is 0 Å². The summed E-state index contributed by atoms with van der Waals surface area (Å²) in [6, 6.07) is 4.96. The number of likely N-dealkylation sites (tertiary alicyclic amines) is 1. The minimum Gasteiger partial charge on any atom is -0.481 e. The van der Waals surface area contributed by atoms with Crippen molar-refractivity contribution in [2.75, 3.05) is 6.54 Å². The van der Waals surface area contributed by atoms with Gasteiger partial charge in [-0.25, -0.2) is 0 Å². The van der Waals surface area contributed by atoms with Gasteiger partial charge in [0.15, 0.2) is 0 Å². The van der Waals surface area contributed by atoms with Crippen molar-refractivity contribution in [3.8, 4) is 0 Å². The van der Waals surface area contributed by atoms with E-state index in [0.29, 0.717) is 34.4 Å². The normalized spacial score (nSPS) is 22.6. The Balaban J connectivity index is 2.16. The zero-order valence-corrected chi connectivity index (χ0v) is 13.3. The van der Waals surface area contributed by atoms with E-state index in [9.17, 15) is 9.59 Å². The number of amides is 1. The smallest absolute Gasteiger partial charge is 0.306 e. The molecule has 4 nitrogen and oxygen atoms in total. The van der Waals surface area contributed by atoms with E-state index in [1.807, 2.05) is 6.92 Å². The first-order chi connectivity index (χ1) is 9.40. The maximum Gasteiger partial charge on any atom is 0.306 e. The summed E-state index contributed by atoms with van der Waals surface area (Å²) in [5, 5.41) is 9.61. The van der Waals surface area contributed by atoms with Crippen molar-refractivity contribution in [1.82, 2.24) is 4.90 Å². The summed E-state index contributed by atoms with van der Waals surface area (Å²) in [6.07, 6.45) is 0.989. The lowest BCUT2D eigenvalue weighted by Crippen LogP contribution is -2.46. The monoisotopic (exact) mass is 359 g/mol. The van der Waals surface area contributed by atoms with Gasteiger partial charge in [0.2, 0.25) is 0 Å². The van der Waals surface area contributed by atoms with Crippen molar-refractivity contribution < 1.29 is 14.7 Å². The molecule has 6 heteroatoms. The van der Waals surface area contributed by atoms with E-state index < -0.39 is 5.97 Å². The minimum absolute atomic E-state index is 0.0834. The van der Waals surface area contributed by atoms with E-state index in [2.05, 4.69) is 15.9 Å². The second kappa shape index (κ2) is 6.14. The van der Waals surface area contributed by atoms with E-state index in [1.165, 1.54) is 0 Å². The molecule has 0 radical (unpaired) electrons. The maximum atomic E-state index is 12.5. The maximum absolute atomic E-state index is 12.5. The number of carbonyl (C=O) groups is 2. The van der Waals surface area contributed by atoms with E-state index >= 15 is 0 Å². The van der Waals surface area contributed by atoms with Gasteiger partial charge in [0.05, 0.1) is 11.5 Å². The fourth-order valence-corrected chi connectivity index (χ4v) is 3.37. The van der Waals surface area contributed by atoms with E-state index in [4.69, 9.17) is 16.7 Å². The summed E-state index contributed by atoms with van der Waals surface area (Å²) < 4.78 is 0.655. The number of aliphatic carboxylic acids is 1. The summed E-state index contributed by atoms with van der Waals surface area (Å²) in [7, 11) is 0. The van der Waals surface area contributed by atoms with Gasteiger partial charge >= 0.3 is 5.97 Å². The van der Waals surface area contributed by atoms with Crippen LogP contribution in [0.1, 0.15) is 30.1 Å². The highest BCUT2D eigenvalue weighted by molar-refractivity contribution is 9.10. The summed E-state index contributed by atoms with van der Waals surface area (Å²) in [4.78, 5) is 25.3. The highest BCUT2D eigenvalue weighted by Crippen LogP contribution is 2.28. The number of carboxylic acid groups (broad SMARTS) is 1. The zero-order valence-electron chi connectivity index (χ0n) is 11.0. The minimum atomic E-state index is -0.781. The molecule has 2 rings (SSSR count). The van der Waals surface area contributed by atoms with Crippen LogP contribution in [-0.4, -0.2) is 34.5 Å². The molecular weight excluding hydrogens is 346 g/mol. The summed E-state index contributed by atoms with van der Waals surface area (Å²) in [5.74, 6) is -1.23. The molecule has 0 bridgehead atoms. The number of carbonyl (C=O) groups excluding carboxylic acids is 1. The molecule has 0 spiro atoms. The number of nitrogens with zero attached hydrogens (tertiary/aromatic N) is 1. The first kappa shape index (κ1) is 15.3. The molecule has 1 fully saturated rings. The summed E-state index contributed by atoms with van der Waals surface area (Å²) >= 11 is 9.21. The van der Waals surface area contributed by atoms with Crippen LogP contribution < -0.4 is 0 Å². The first-order valence-electron chi connectivity index (χ1n) is 6.39. The molecule has 1 heterocycles. The third-order valence-corrected chi connectivity index (χ3v) is 4.54. The van der Waals surface area contributed by atoms with Gasteiger partial charge in [0.1, 0.15) is 0 Å². The van der Waals surface area contributed by atoms with Crippen LogP contribution in [0.15, 0.2) is 22.7 Å². The van der Waals surface area contributed by atoms with Crippen LogP contribution in [-0.2, 0) is 4.79 Å². The van der Waals surface area contributed by atoms with Crippen LogP contribution >= 0.6 is 27.5 Å². The predicted octanol–water partition coefficient (Wildman–Crippen LogP) is 3.43. The number of benzene rings is 1. The Labute approximate surface area is 130 Å². The summed E-state index contributed by atoms with van der Waals surface area (Å²) in [6.45, 7) is 2.35. The van der Waals surface area contributed by atoms with Gasteiger partial charge in [0, 0.05) is 22.1 Å². The molecule has 1 aromatic rings. The number of piperidine rings is 1. The second-order valence-electron chi connectivity index (χ2n) is 5.03. The third-order valence-electron chi connectivity index (χ3n) is 3.65. The van der Waals surface area contributed by atoms with Crippen LogP contribution in [0.2, 0.25) is 5.02 Å². The third kappa shape index (κ3) is 3.15. The molecule has 0 aliphatic carbocycles. The van der Waals surface area contributed by atoms with Crippen LogP contribution in [0, 0.1) is 5.92 Å². The molecular formula is C14H15BrClNO3. The summed E-state index contributed by atoms with van der Waals surface area (Å²) in [5.41, 5.74) is 0.551. The van der Waals surface area contributed by atoms with Gasteiger partial charge in [-0.3, -0.25) is 9.59 Å². The Kier molecular flexibility index (Phi) is 4.70. The molecule has 1 saturated heterocycles. The van der Waals surface area contributed by atoms with Crippen molar-refractivity contribution in [3.05, 3.63) is 33.3 Å². The fourth-order valence-electron chi connectivity index (χ4n) is 2.52. The lowest BCUT2D eigenvalue weighted by Gasteiger charge is -2.36. The van der Waals surface area contributed by atoms with Crippen molar-refractivity contribution >= 4 is 39.4 Å². The standard InChI is InChI=1S/C14H15BrClNO3/c1-8-6-9(14(19)20)4-5-17(8)13(18)11-3-2-10(16)7-12(11)15/h2-3,7-9H,4-6H2,1H3,(H,19,20). The Morgan fingerprint density at radius 2 is 2.15 bits per heavy atom. The zero-order chi connectivity index (χ0) is 14.9. The average molecular weight is 361 g/mol. The Morgan fingerprint density at radius 3 is 2.70 bits per heavy atom. The first-order valence-corrected chi connectivity index (χ1v) is 7.56. The predicted molar refractivity (Wildman–Crippen MR) is 80.0 cm³/mol. The topological polar surface area (TPSA) is 57.6 Å². The second-order valence-corrected chi connectivity index (χ2v) is 6.32. The highest BCUT2D eigenvalue weighted by Gasteiger charge is 2.33. The van der Waals surface area contributed by atoms with Gasteiger partial charge < -0.3 is 10.0 Å². The SMILES string of the molecule is CC1CC(C(=O)O)CCN1C(=O)c1ccc(Cl)cc1Br. The number of halogens is 2. The lowest BCUT2D eigenvalue weighted by molar-refractivity contribution is -0.143. The molecule has 2 unspecified atom stereocenters. The molecule has 0 aromatic heterocycles. The molecule has 1 aromatic carbocycles. The Morgan fingerprint density at radius 1 is 1.45 bits per heavy atom. The van der Waals surface area contributed by atoms with E-state index in [-0.39, 0.29) is 17.9 Å². The quantitative estimate of drug-likeness (QED) is 0.879. The van der Waals surface area contributed by atoms with Gasteiger partial charge in [-0.05, 0) is 53.9 Å². The molecule has 1 amide bonds. The molecule has 20 heavy (non-hydrogen) atoms. The van der Waals surface area contributed by atoms with Crippen LogP contribution in [0.3, 0.4) is 0 Å². The number of rotatable bonds is 2. The van der Waals surface area contributed by atoms with Crippen molar-refractivity contribution in [2.45, 2.75) is 25.8 Å². The number of carboxylic acids is 1. The van der Waals surface area contributed by atoms with Gasteiger partial charge in [-0.1, -0.05) is 11.6 Å². The molecule has 2 atom stereocenters.